The molecule has 2 rings (SSSR count). The second kappa shape index (κ2) is 10.00. The molecule has 1 aliphatic rings. The summed E-state index contributed by atoms with van der Waals surface area (Å²) in [5, 5.41) is 27.4. The van der Waals surface area contributed by atoms with Gasteiger partial charge in [0.2, 0.25) is 11.8 Å². The van der Waals surface area contributed by atoms with Crippen LogP contribution in [0.5, 0.6) is 0 Å². The highest BCUT2D eigenvalue weighted by molar-refractivity contribution is 6.01. The normalized spacial score (nSPS) is 16.8. The quantitative estimate of drug-likeness (QED) is 0.441. The topological polar surface area (TPSA) is 131 Å². The van der Waals surface area contributed by atoms with Gasteiger partial charge >= 0.3 is 12.0 Å². The van der Waals surface area contributed by atoms with Crippen molar-refractivity contribution in [3.05, 3.63) is 36.3 Å². The molecule has 3 amide bonds. The number of hydrogen-bond donors (Lipinski definition) is 5. The first-order valence-corrected chi connectivity index (χ1v) is 10.1. The number of amides is 3. The number of carboxylic acid groups (broad SMARTS) is 1. The second-order valence-corrected chi connectivity index (χ2v) is 7.55. The largest absolute Gasteiger partial charge is 0.494 e. The smallest absolute Gasteiger partial charge is 0.326 e. The molecule has 0 aromatic heterocycles. The fraction of sp³-hybridized carbons (Fsp3) is 0.476. The molecule has 30 heavy (non-hydrogen) atoms. The summed E-state index contributed by atoms with van der Waals surface area (Å²) >= 11 is 0. The summed E-state index contributed by atoms with van der Waals surface area (Å²) < 4.78 is 0. The van der Waals surface area contributed by atoms with Gasteiger partial charge in [0.05, 0.1) is 17.6 Å². The molecule has 0 aliphatic carbocycles. The van der Waals surface area contributed by atoms with Crippen molar-refractivity contribution >= 4 is 29.3 Å². The molecule has 4 atom stereocenters. The highest BCUT2D eigenvalue weighted by atomic mass is 16.4. The van der Waals surface area contributed by atoms with Crippen LogP contribution in [0.3, 0.4) is 0 Å². The molecule has 0 radical (unpaired) electrons. The second-order valence-electron chi connectivity index (χ2n) is 7.55. The van der Waals surface area contributed by atoms with Crippen molar-refractivity contribution in [1.29, 1.82) is 0 Å². The standard InChI is InChI=1S/C21H30N4O5/c1-5-12(3)17(19(27)23-18(20(28)29)13(4)6-2)24-21(30)25-11-16(26)22-14-9-7-8-10-15(14)25/h7-13,17-18,22,26H,5-6H2,1-4H3,(H,23,27)(H,24,30)(H,28,29)/t12?,13?,17-,18-/m0/s1. The molecule has 9 nitrogen and oxygen atoms in total. The Bertz CT molecular complexity index is 825. The summed E-state index contributed by atoms with van der Waals surface area (Å²) in [6.45, 7) is 7.29. The number of fused-ring (bicyclic) bond motifs is 1. The van der Waals surface area contributed by atoms with E-state index in [0.29, 0.717) is 24.2 Å². The van der Waals surface area contributed by atoms with E-state index in [9.17, 15) is 24.6 Å². The van der Waals surface area contributed by atoms with Crippen LogP contribution < -0.4 is 20.9 Å². The Labute approximate surface area is 176 Å². The van der Waals surface area contributed by atoms with E-state index in [-0.39, 0.29) is 17.7 Å². The average molecular weight is 418 g/mol. The van der Waals surface area contributed by atoms with Gasteiger partial charge < -0.3 is 26.2 Å². The minimum Gasteiger partial charge on any atom is -0.494 e. The molecule has 1 aromatic carbocycles. The molecule has 0 fully saturated rings. The SMILES string of the molecule is CCC(C)[C@H](NC(=O)[C@@H](NC(=O)N1C=C(O)Nc2ccccc21)C(C)CC)C(=O)O. The Balaban J connectivity index is 2.24. The third kappa shape index (κ3) is 5.22. The summed E-state index contributed by atoms with van der Waals surface area (Å²) in [5.41, 5.74) is 1.05. The van der Waals surface area contributed by atoms with Gasteiger partial charge in [-0.3, -0.25) is 9.69 Å². The lowest BCUT2D eigenvalue weighted by atomic mass is 9.95. The Kier molecular flexibility index (Phi) is 7.68. The van der Waals surface area contributed by atoms with Gasteiger partial charge in [-0.25, -0.2) is 9.59 Å². The molecule has 0 saturated heterocycles. The van der Waals surface area contributed by atoms with Crippen LogP contribution in [0.15, 0.2) is 36.3 Å². The van der Waals surface area contributed by atoms with Crippen molar-refractivity contribution in [1.82, 2.24) is 10.6 Å². The lowest BCUT2D eigenvalue weighted by Gasteiger charge is -2.31. The van der Waals surface area contributed by atoms with Crippen molar-refractivity contribution in [3.8, 4) is 0 Å². The number of carboxylic acids is 1. The fourth-order valence-corrected chi connectivity index (χ4v) is 3.15. The van der Waals surface area contributed by atoms with Crippen molar-refractivity contribution in [2.24, 2.45) is 11.8 Å². The van der Waals surface area contributed by atoms with Gasteiger partial charge in [0, 0.05) is 0 Å². The third-order valence-electron chi connectivity index (χ3n) is 5.45. The Morgan fingerprint density at radius 1 is 1.03 bits per heavy atom. The predicted molar refractivity (Wildman–Crippen MR) is 114 cm³/mol. The summed E-state index contributed by atoms with van der Waals surface area (Å²) in [5.74, 6) is -2.38. The zero-order chi connectivity index (χ0) is 22.4. The van der Waals surface area contributed by atoms with E-state index in [1.165, 1.54) is 11.1 Å². The number of urea groups is 1. The number of aliphatic hydroxyl groups excluding tert-OH is 1. The van der Waals surface area contributed by atoms with Gasteiger partial charge in [-0.15, -0.1) is 0 Å². The van der Waals surface area contributed by atoms with Crippen LogP contribution in [0.1, 0.15) is 40.5 Å². The van der Waals surface area contributed by atoms with Crippen molar-refractivity contribution in [3.63, 3.8) is 0 Å². The van der Waals surface area contributed by atoms with E-state index in [1.54, 1.807) is 31.2 Å². The number of aliphatic hydroxyl groups is 1. The van der Waals surface area contributed by atoms with Crippen LogP contribution in [0.4, 0.5) is 16.2 Å². The van der Waals surface area contributed by atoms with E-state index in [2.05, 4.69) is 16.0 Å². The van der Waals surface area contributed by atoms with Crippen LogP contribution in [0, 0.1) is 11.8 Å². The molecule has 1 heterocycles. The maximum Gasteiger partial charge on any atom is 0.326 e. The molecule has 2 unspecified atom stereocenters. The third-order valence-corrected chi connectivity index (χ3v) is 5.45. The first kappa shape index (κ1) is 23.1. The molecular weight excluding hydrogens is 388 g/mol. The number of carbonyl (C=O) groups is 3. The summed E-state index contributed by atoms with van der Waals surface area (Å²) in [7, 11) is 0. The molecule has 0 spiro atoms. The minimum absolute atomic E-state index is 0.212. The van der Waals surface area contributed by atoms with Crippen LogP contribution in [-0.4, -0.2) is 40.2 Å². The van der Waals surface area contributed by atoms with E-state index < -0.39 is 30.0 Å². The van der Waals surface area contributed by atoms with E-state index >= 15 is 0 Å². The summed E-state index contributed by atoms with van der Waals surface area (Å²) in [6.07, 6.45) is 2.40. The van der Waals surface area contributed by atoms with Gasteiger partial charge in [0.1, 0.15) is 12.1 Å². The Morgan fingerprint density at radius 2 is 1.63 bits per heavy atom. The lowest BCUT2D eigenvalue weighted by molar-refractivity contribution is -0.143. The summed E-state index contributed by atoms with van der Waals surface area (Å²) in [6, 6.07) is 4.33. The number of hydrogen-bond acceptors (Lipinski definition) is 5. The number of para-hydroxylation sites is 2. The van der Waals surface area contributed by atoms with Crippen LogP contribution in [-0.2, 0) is 9.59 Å². The number of benzene rings is 1. The zero-order valence-corrected chi connectivity index (χ0v) is 17.7. The van der Waals surface area contributed by atoms with Gasteiger partial charge in [-0.1, -0.05) is 52.7 Å². The van der Waals surface area contributed by atoms with Crippen molar-refractivity contribution in [2.75, 3.05) is 10.2 Å². The highest BCUT2D eigenvalue weighted by Gasteiger charge is 2.33. The number of nitrogens with zero attached hydrogens (tertiary/aromatic N) is 1. The molecule has 9 heteroatoms. The van der Waals surface area contributed by atoms with Crippen LogP contribution in [0.25, 0.3) is 0 Å². The molecule has 1 aliphatic heterocycles. The Morgan fingerprint density at radius 3 is 2.23 bits per heavy atom. The highest BCUT2D eigenvalue weighted by Crippen LogP contribution is 2.30. The van der Waals surface area contributed by atoms with Crippen LogP contribution in [0.2, 0.25) is 0 Å². The van der Waals surface area contributed by atoms with E-state index in [1.807, 2.05) is 20.8 Å². The monoisotopic (exact) mass is 418 g/mol. The zero-order valence-electron chi connectivity index (χ0n) is 17.7. The van der Waals surface area contributed by atoms with Gasteiger partial charge in [-0.05, 0) is 24.0 Å². The molecule has 164 valence electrons. The summed E-state index contributed by atoms with van der Waals surface area (Å²) in [4.78, 5) is 38.7. The number of rotatable bonds is 8. The maximum absolute atomic E-state index is 13.0. The molecule has 5 N–H and O–H groups in total. The first-order valence-electron chi connectivity index (χ1n) is 10.1. The van der Waals surface area contributed by atoms with Crippen LogP contribution >= 0.6 is 0 Å². The van der Waals surface area contributed by atoms with Gasteiger partial charge in [-0.2, -0.15) is 0 Å². The fourth-order valence-electron chi connectivity index (χ4n) is 3.15. The molecule has 1 aromatic rings. The number of aliphatic carboxylic acids is 1. The minimum atomic E-state index is -1.11. The van der Waals surface area contributed by atoms with Gasteiger partial charge in [0.25, 0.3) is 0 Å². The van der Waals surface area contributed by atoms with E-state index in [4.69, 9.17) is 0 Å². The van der Waals surface area contributed by atoms with Crippen molar-refractivity contribution < 1.29 is 24.6 Å². The predicted octanol–water partition coefficient (Wildman–Crippen LogP) is 3.02. The molecular formula is C21H30N4O5. The Hall–Kier alpha value is -3.23. The van der Waals surface area contributed by atoms with E-state index in [0.717, 1.165) is 0 Å². The van der Waals surface area contributed by atoms with Gasteiger partial charge in [0.15, 0.2) is 0 Å². The van der Waals surface area contributed by atoms with Crippen molar-refractivity contribution in [2.45, 2.75) is 52.6 Å². The molecule has 0 saturated carbocycles. The molecule has 0 bridgehead atoms. The number of carbonyl (C=O) groups excluding carboxylic acids is 2. The average Bonchev–Trinajstić information content (AvgIpc) is 2.73. The lowest BCUT2D eigenvalue weighted by Crippen LogP contribution is -2.57. The number of nitrogens with one attached hydrogen (secondary N) is 3. The maximum atomic E-state index is 13.0. The number of anilines is 2. The first-order chi connectivity index (χ1) is 14.2.